The lowest BCUT2D eigenvalue weighted by molar-refractivity contribution is -0.137. The summed E-state index contributed by atoms with van der Waals surface area (Å²) in [5.41, 5.74) is 2.56. The molecule has 4 heteroatoms. The van der Waals surface area contributed by atoms with Crippen LogP contribution in [0.4, 0.5) is 0 Å². The SMILES string of the molecule is Cc1ccc(CN(CCC(=O)O)Cc2cccc(CCC(C)C)c2)o1. The van der Waals surface area contributed by atoms with E-state index in [1.165, 1.54) is 17.5 Å². The number of aryl methyl sites for hydroxylation is 2. The number of benzene rings is 1. The predicted molar refractivity (Wildman–Crippen MR) is 99.4 cm³/mol. The number of aliphatic carboxylic acids is 1. The average molecular weight is 343 g/mol. The van der Waals surface area contributed by atoms with Gasteiger partial charge in [-0.25, -0.2) is 0 Å². The Morgan fingerprint density at radius 1 is 1.16 bits per heavy atom. The number of carbonyl (C=O) groups is 1. The maximum absolute atomic E-state index is 11.0. The molecule has 0 aliphatic heterocycles. The summed E-state index contributed by atoms with van der Waals surface area (Å²) in [5, 5.41) is 9.01. The Balaban J connectivity index is 2.04. The predicted octanol–water partition coefficient (Wildman–Crippen LogP) is 4.65. The van der Waals surface area contributed by atoms with Crippen molar-refractivity contribution in [2.24, 2.45) is 5.92 Å². The van der Waals surface area contributed by atoms with E-state index in [4.69, 9.17) is 9.52 Å². The van der Waals surface area contributed by atoms with Gasteiger partial charge in [-0.3, -0.25) is 9.69 Å². The zero-order valence-electron chi connectivity index (χ0n) is 15.5. The molecule has 0 spiro atoms. The fourth-order valence-electron chi connectivity index (χ4n) is 2.86. The van der Waals surface area contributed by atoms with E-state index in [1.54, 1.807) is 0 Å². The van der Waals surface area contributed by atoms with Crippen LogP contribution < -0.4 is 0 Å². The van der Waals surface area contributed by atoms with E-state index in [9.17, 15) is 4.79 Å². The zero-order valence-corrected chi connectivity index (χ0v) is 15.5. The fraction of sp³-hybridized carbons (Fsp3) is 0.476. The molecule has 0 radical (unpaired) electrons. The summed E-state index contributed by atoms with van der Waals surface area (Å²) in [6, 6.07) is 12.5. The molecule has 1 aromatic heterocycles. The van der Waals surface area contributed by atoms with E-state index >= 15 is 0 Å². The molecular formula is C21H29NO3. The Morgan fingerprint density at radius 3 is 2.56 bits per heavy atom. The highest BCUT2D eigenvalue weighted by atomic mass is 16.4. The molecule has 0 atom stereocenters. The highest BCUT2D eigenvalue weighted by Crippen LogP contribution is 2.16. The summed E-state index contributed by atoms with van der Waals surface area (Å²) in [6.45, 7) is 8.25. The smallest absolute Gasteiger partial charge is 0.304 e. The quantitative estimate of drug-likeness (QED) is 0.682. The van der Waals surface area contributed by atoms with E-state index in [1.807, 2.05) is 19.1 Å². The van der Waals surface area contributed by atoms with Gasteiger partial charge in [0.1, 0.15) is 11.5 Å². The molecule has 0 bridgehead atoms. The molecule has 0 saturated heterocycles. The van der Waals surface area contributed by atoms with Crippen molar-refractivity contribution in [2.75, 3.05) is 6.54 Å². The van der Waals surface area contributed by atoms with Gasteiger partial charge in [0.15, 0.2) is 0 Å². The molecule has 1 aromatic carbocycles. The summed E-state index contributed by atoms with van der Waals surface area (Å²) < 4.78 is 5.66. The first kappa shape index (κ1) is 19.3. The van der Waals surface area contributed by atoms with Gasteiger partial charge in [0.25, 0.3) is 0 Å². The molecule has 0 fully saturated rings. The minimum atomic E-state index is -0.772. The minimum absolute atomic E-state index is 0.132. The van der Waals surface area contributed by atoms with Gasteiger partial charge >= 0.3 is 5.97 Å². The minimum Gasteiger partial charge on any atom is -0.481 e. The lowest BCUT2D eigenvalue weighted by atomic mass is 10.0. The van der Waals surface area contributed by atoms with Crippen molar-refractivity contribution >= 4 is 5.97 Å². The molecule has 0 aliphatic carbocycles. The molecule has 2 aromatic rings. The van der Waals surface area contributed by atoms with Crippen molar-refractivity contribution in [3.05, 3.63) is 59.0 Å². The lowest BCUT2D eigenvalue weighted by Gasteiger charge is -2.21. The van der Waals surface area contributed by atoms with E-state index in [2.05, 4.69) is 43.0 Å². The largest absolute Gasteiger partial charge is 0.481 e. The van der Waals surface area contributed by atoms with Crippen molar-refractivity contribution in [3.8, 4) is 0 Å². The molecule has 1 N–H and O–H groups in total. The second-order valence-electron chi connectivity index (χ2n) is 7.12. The van der Waals surface area contributed by atoms with Crippen LogP contribution in [0, 0.1) is 12.8 Å². The molecule has 0 amide bonds. The topological polar surface area (TPSA) is 53.7 Å². The number of hydrogen-bond acceptors (Lipinski definition) is 3. The Labute approximate surface area is 150 Å². The van der Waals surface area contributed by atoms with Crippen LogP contribution in [-0.4, -0.2) is 22.5 Å². The van der Waals surface area contributed by atoms with Crippen molar-refractivity contribution in [2.45, 2.75) is 53.1 Å². The first-order valence-corrected chi connectivity index (χ1v) is 8.99. The summed E-state index contributed by atoms with van der Waals surface area (Å²) in [6.07, 6.45) is 2.39. The molecule has 0 unspecified atom stereocenters. The fourth-order valence-corrected chi connectivity index (χ4v) is 2.86. The van der Waals surface area contributed by atoms with Crippen molar-refractivity contribution in [1.82, 2.24) is 4.90 Å². The van der Waals surface area contributed by atoms with Crippen LogP contribution in [0.15, 0.2) is 40.8 Å². The molecule has 0 aliphatic rings. The molecule has 1 heterocycles. The molecule has 4 nitrogen and oxygen atoms in total. The number of nitrogens with zero attached hydrogens (tertiary/aromatic N) is 1. The number of hydrogen-bond donors (Lipinski definition) is 1. The van der Waals surface area contributed by atoms with E-state index in [-0.39, 0.29) is 6.42 Å². The van der Waals surface area contributed by atoms with Crippen molar-refractivity contribution in [3.63, 3.8) is 0 Å². The normalized spacial score (nSPS) is 11.4. The Morgan fingerprint density at radius 2 is 1.92 bits per heavy atom. The van der Waals surface area contributed by atoms with Gasteiger partial charge in [0.2, 0.25) is 0 Å². The average Bonchev–Trinajstić information content (AvgIpc) is 2.96. The van der Waals surface area contributed by atoms with Crippen molar-refractivity contribution in [1.29, 1.82) is 0 Å². The Hall–Kier alpha value is -2.07. The van der Waals surface area contributed by atoms with Gasteiger partial charge in [0, 0.05) is 13.1 Å². The van der Waals surface area contributed by atoms with Crippen LogP contribution >= 0.6 is 0 Å². The van der Waals surface area contributed by atoms with E-state index < -0.39 is 5.97 Å². The van der Waals surface area contributed by atoms with Gasteiger partial charge in [-0.15, -0.1) is 0 Å². The van der Waals surface area contributed by atoms with Gasteiger partial charge in [-0.05, 0) is 48.9 Å². The standard InChI is InChI=1S/C21H29NO3/c1-16(2)7-9-18-5-4-6-19(13-18)14-22(12-11-21(23)24)15-20-10-8-17(3)25-20/h4-6,8,10,13,16H,7,9,11-12,14-15H2,1-3H3,(H,23,24). The number of rotatable bonds is 10. The second-order valence-corrected chi connectivity index (χ2v) is 7.12. The van der Waals surface area contributed by atoms with Crippen LogP contribution in [0.2, 0.25) is 0 Å². The summed E-state index contributed by atoms with van der Waals surface area (Å²) in [4.78, 5) is 13.1. The van der Waals surface area contributed by atoms with Crippen LogP contribution in [0.25, 0.3) is 0 Å². The van der Waals surface area contributed by atoms with Crippen molar-refractivity contribution < 1.29 is 14.3 Å². The molecule has 2 rings (SSSR count). The van der Waals surface area contributed by atoms with Gasteiger partial charge < -0.3 is 9.52 Å². The third-order valence-corrected chi connectivity index (χ3v) is 4.23. The Bertz CT molecular complexity index is 675. The number of furan rings is 1. The molecule has 25 heavy (non-hydrogen) atoms. The van der Waals surface area contributed by atoms with Crippen LogP contribution in [-0.2, 0) is 24.3 Å². The summed E-state index contributed by atoms with van der Waals surface area (Å²) in [7, 11) is 0. The van der Waals surface area contributed by atoms with Gasteiger partial charge in [0.05, 0.1) is 13.0 Å². The first-order chi connectivity index (χ1) is 11.9. The van der Waals surface area contributed by atoms with Gasteiger partial charge in [-0.2, -0.15) is 0 Å². The highest BCUT2D eigenvalue weighted by Gasteiger charge is 2.12. The summed E-state index contributed by atoms with van der Waals surface area (Å²) >= 11 is 0. The van der Waals surface area contributed by atoms with E-state index in [0.717, 1.165) is 24.5 Å². The van der Waals surface area contributed by atoms with Crippen LogP contribution in [0.1, 0.15) is 49.3 Å². The number of carboxylic acid groups (broad SMARTS) is 1. The molecular weight excluding hydrogens is 314 g/mol. The van der Waals surface area contributed by atoms with E-state index in [0.29, 0.717) is 19.0 Å². The lowest BCUT2D eigenvalue weighted by Crippen LogP contribution is -2.25. The molecule has 136 valence electrons. The molecule has 0 saturated carbocycles. The van der Waals surface area contributed by atoms with Crippen LogP contribution in [0.3, 0.4) is 0 Å². The summed E-state index contributed by atoms with van der Waals surface area (Å²) in [5.74, 6) is 1.67. The maximum Gasteiger partial charge on any atom is 0.304 e. The third-order valence-electron chi connectivity index (χ3n) is 4.23. The number of carboxylic acids is 1. The first-order valence-electron chi connectivity index (χ1n) is 8.99. The highest BCUT2D eigenvalue weighted by molar-refractivity contribution is 5.66. The van der Waals surface area contributed by atoms with Crippen LogP contribution in [0.5, 0.6) is 0 Å². The monoisotopic (exact) mass is 343 g/mol. The zero-order chi connectivity index (χ0) is 18.2. The Kier molecular flexibility index (Phi) is 7.26. The third kappa shape index (κ3) is 7.14. The maximum atomic E-state index is 11.0. The second kappa shape index (κ2) is 9.42. The van der Waals surface area contributed by atoms with Gasteiger partial charge in [-0.1, -0.05) is 38.1 Å².